The Hall–Kier alpha value is -1.03. The topological polar surface area (TPSA) is 26.0 Å². The second-order valence-corrected chi connectivity index (χ2v) is 4.38. The summed E-state index contributed by atoms with van der Waals surface area (Å²) < 4.78 is 1.27. The molecule has 0 saturated heterocycles. The van der Waals surface area contributed by atoms with E-state index in [1.807, 2.05) is 52.9 Å². The van der Waals surface area contributed by atoms with Crippen molar-refractivity contribution in [3.63, 3.8) is 0 Å². The van der Waals surface area contributed by atoms with Crippen LogP contribution in [0.2, 0.25) is 0 Å². The molecule has 70 valence electrons. The lowest BCUT2D eigenvalue weighted by molar-refractivity contribution is -0.326. The highest BCUT2D eigenvalue weighted by Gasteiger charge is 2.08. The third-order valence-electron chi connectivity index (χ3n) is 2.09. The average Bonchev–Trinajstić information content (AvgIpc) is 2.23. The number of anilines is 1. The van der Waals surface area contributed by atoms with E-state index >= 15 is 0 Å². The van der Waals surface area contributed by atoms with Gasteiger partial charge in [0.2, 0.25) is 0 Å². The van der Waals surface area contributed by atoms with Crippen molar-refractivity contribution >= 4 is 5.69 Å². The molecule has 2 aromatic rings. The molecule has 0 aliphatic rings. The summed E-state index contributed by atoms with van der Waals surface area (Å²) in [6.45, 7) is 0. The van der Waals surface area contributed by atoms with Crippen molar-refractivity contribution in [1.29, 1.82) is 0 Å². The highest BCUT2D eigenvalue weighted by atomic mass is 127. The Morgan fingerprint density at radius 2 is 1.64 bits per heavy atom. The van der Waals surface area contributed by atoms with Crippen LogP contribution in [0.5, 0.6) is 0 Å². The summed E-state index contributed by atoms with van der Waals surface area (Å²) in [4.78, 5) is 0. The number of halogens is 1. The first-order chi connectivity index (χ1) is 6.77. The molecule has 0 atom stereocenters. The molecule has 0 saturated carbocycles. The number of hydrogen-bond donors (Lipinski definition) is 1. The van der Waals surface area contributed by atoms with Gasteiger partial charge >= 0.3 is 0 Å². The van der Waals surface area contributed by atoms with Gasteiger partial charge in [-0.1, -0.05) is 30.3 Å². The first kappa shape index (κ1) is 9.52. The zero-order chi connectivity index (χ0) is 9.97. The van der Waals surface area contributed by atoms with Gasteiger partial charge in [-0.25, -0.2) is 0 Å². The molecule has 0 radical (unpaired) electrons. The van der Waals surface area contributed by atoms with Gasteiger partial charge in [0, 0.05) is 11.3 Å². The molecule has 0 unspecified atom stereocenters. The minimum absolute atomic E-state index is 0.816. The van der Waals surface area contributed by atoms with Gasteiger partial charge in [0.15, 0.2) is 3.57 Å². The van der Waals surface area contributed by atoms with E-state index in [0.29, 0.717) is 0 Å². The van der Waals surface area contributed by atoms with Crippen LogP contribution in [0.3, 0.4) is 0 Å². The van der Waals surface area contributed by atoms with E-state index in [2.05, 4.69) is 18.2 Å². The van der Waals surface area contributed by atoms with Crippen LogP contribution >= 0.6 is 0 Å². The minimum atomic E-state index is 0.816. The molecule has 2 rings (SSSR count). The number of hydrogen-bond acceptors (Lipinski definition) is 1. The van der Waals surface area contributed by atoms with E-state index in [1.54, 1.807) is 0 Å². The van der Waals surface area contributed by atoms with Crippen molar-refractivity contribution in [2.24, 2.45) is 0 Å². The van der Waals surface area contributed by atoms with Gasteiger partial charge in [-0.2, -0.15) is 0 Å². The second-order valence-electron chi connectivity index (χ2n) is 3.12. The average molecular weight is 296 g/mol. The largest absolute Gasteiger partial charge is 0.399 e. The van der Waals surface area contributed by atoms with Crippen molar-refractivity contribution in [1.82, 2.24) is 0 Å². The van der Waals surface area contributed by atoms with Gasteiger partial charge in [0.25, 0.3) is 22.6 Å². The molecule has 0 amide bonds. The maximum absolute atomic E-state index is 5.77. The Morgan fingerprint density at radius 3 is 2.36 bits per heavy atom. The van der Waals surface area contributed by atoms with Crippen molar-refractivity contribution in [2.45, 2.75) is 0 Å². The first-order valence-corrected chi connectivity index (χ1v) is 5.56. The number of nitrogens with two attached hydrogens (primary N) is 1. The summed E-state index contributed by atoms with van der Waals surface area (Å²) in [5.74, 6) is 0. The van der Waals surface area contributed by atoms with Gasteiger partial charge < -0.3 is 5.73 Å². The summed E-state index contributed by atoms with van der Waals surface area (Å²) >= 11 is 2.02. The van der Waals surface area contributed by atoms with Crippen LogP contribution in [0.4, 0.5) is 5.69 Å². The Labute approximate surface area is 97.1 Å². The molecule has 2 N–H and O–H groups in total. The monoisotopic (exact) mass is 296 g/mol. The van der Waals surface area contributed by atoms with Crippen LogP contribution in [0.15, 0.2) is 48.5 Å². The fourth-order valence-electron chi connectivity index (χ4n) is 1.39. The fourth-order valence-corrected chi connectivity index (χ4v) is 2.09. The fraction of sp³-hybridized carbons (Fsp3) is 0. The van der Waals surface area contributed by atoms with Crippen LogP contribution in [0.1, 0.15) is 0 Å². The summed E-state index contributed by atoms with van der Waals surface area (Å²) in [5, 5.41) is 0. The van der Waals surface area contributed by atoms with E-state index in [9.17, 15) is 0 Å². The van der Waals surface area contributed by atoms with E-state index in [0.717, 1.165) is 5.69 Å². The highest BCUT2D eigenvalue weighted by molar-refractivity contribution is 5.66. The number of rotatable bonds is 1. The van der Waals surface area contributed by atoms with E-state index in [-0.39, 0.29) is 0 Å². The normalized spacial score (nSPS) is 10.1. The van der Waals surface area contributed by atoms with Crippen LogP contribution in [-0.4, -0.2) is 0 Å². The van der Waals surface area contributed by atoms with Crippen LogP contribution in [0.25, 0.3) is 11.1 Å². The maximum atomic E-state index is 5.77. The first-order valence-electron chi connectivity index (χ1n) is 4.39. The van der Waals surface area contributed by atoms with Gasteiger partial charge in [-0.3, -0.25) is 0 Å². The number of benzene rings is 2. The Bertz CT molecular complexity index is 437. The van der Waals surface area contributed by atoms with Crippen LogP contribution in [-0.2, 0) is 0 Å². The molecular formula is C12H11IN+. The molecule has 14 heavy (non-hydrogen) atoms. The standard InChI is InChI=1S/C12H11IN/c13-12-7-6-10(14)8-11(12)9-4-2-1-3-5-9/h1-8,13H,14H2/q+1. The smallest absolute Gasteiger partial charge is 0.297 e. The van der Waals surface area contributed by atoms with Crippen LogP contribution in [0, 0.1) is 3.57 Å². The molecule has 2 heteroatoms. The molecule has 0 aliphatic heterocycles. The summed E-state index contributed by atoms with van der Waals surface area (Å²) in [5.41, 5.74) is 9.02. The molecule has 0 aliphatic carbocycles. The second kappa shape index (κ2) is 4.00. The van der Waals surface area contributed by atoms with Gasteiger partial charge in [-0.15, -0.1) is 0 Å². The van der Waals surface area contributed by atoms with Gasteiger partial charge in [-0.05, 0) is 23.8 Å². The zero-order valence-corrected chi connectivity index (χ0v) is 9.93. The minimum Gasteiger partial charge on any atom is -0.399 e. The SMILES string of the molecule is Nc1ccc([IH+])c(-c2ccccc2)c1. The molecule has 2 aromatic carbocycles. The van der Waals surface area contributed by atoms with Gasteiger partial charge in [0.05, 0.1) is 0 Å². The van der Waals surface area contributed by atoms with E-state index in [1.165, 1.54) is 14.7 Å². The van der Waals surface area contributed by atoms with Crippen molar-refractivity contribution in [2.75, 3.05) is 5.73 Å². The summed E-state index contributed by atoms with van der Waals surface area (Å²) in [6, 6.07) is 16.3. The lowest BCUT2D eigenvalue weighted by Gasteiger charge is -2.01. The lowest BCUT2D eigenvalue weighted by Crippen LogP contribution is -3.34. The van der Waals surface area contributed by atoms with Crippen LogP contribution < -0.4 is 28.3 Å². The molecule has 0 aromatic heterocycles. The Balaban J connectivity index is 2.57. The maximum Gasteiger partial charge on any atom is 0.297 e. The summed E-state index contributed by atoms with van der Waals surface area (Å²) in [7, 11) is 0. The predicted molar refractivity (Wildman–Crippen MR) is 56.4 cm³/mol. The Morgan fingerprint density at radius 1 is 0.929 bits per heavy atom. The highest BCUT2D eigenvalue weighted by Crippen LogP contribution is 2.20. The predicted octanol–water partition coefficient (Wildman–Crippen LogP) is -0.609. The quantitative estimate of drug-likeness (QED) is 0.551. The van der Waals surface area contributed by atoms with Crippen molar-refractivity contribution in [3.8, 4) is 11.1 Å². The van der Waals surface area contributed by atoms with Crippen molar-refractivity contribution < 1.29 is 22.6 Å². The molecular weight excluding hydrogens is 285 g/mol. The lowest BCUT2D eigenvalue weighted by atomic mass is 10.1. The number of nitrogen functional groups attached to an aromatic ring is 1. The zero-order valence-electron chi connectivity index (χ0n) is 7.60. The van der Waals surface area contributed by atoms with E-state index in [4.69, 9.17) is 5.73 Å². The third-order valence-corrected chi connectivity index (χ3v) is 3.10. The molecule has 1 nitrogen and oxygen atoms in total. The third kappa shape index (κ3) is 1.90. The molecule has 0 heterocycles. The molecule has 0 spiro atoms. The van der Waals surface area contributed by atoms with Gasteiger partial charge in [0.1, 0.15) is 0 Å². The molecule has 0 bridgehead atoms. The molecule has 0 fully saturated rings. The van der Waals surface area contributed by atoms with Crippen molar-refractivity contribution in [3.05, 3.63) is 52.1 Å². The summed E-state index contributed by atoms with van der Waals surface area (Å²) in [6.07, 6.45) is 0. The Kier molecular flexibility index (Phi) is 2.72. The van der Waals surface area contributed by atoms with E-state index < -0.39 is 0 Å².